The van der Waals surface area contributed by atoms with Crippen molar-refractivity contribution in [3.8, 4) is 17.1 Å². The van der Waals surface area contributed by atoms with E-state index in [9.17, 15) is 22.4 Å². The molecule has 32 heavy (non-hydrogen) atoms. The summed E-state index contributed by atoms with van der Waals surface area (Å²) < 4.78 is 53.5. The zero-order chi connectivity index (χ0) is 22.0. The highest BCUT2D eigenvalue weighted by atomic mass is 35.5. The summed E-state index contributed by atoms with van der Waals surface area (Å²) in [6.07, 6.45) is -4.54. The van der Waals surface area contributed by atoms with Crippen molar-refractivity contribution in [3.63, 3.8) is 0 Å². The summed E-state index contributed by atoms with van der Waals surface area (Å²) in [5.41, 5.74) is 0.183. The predicted octanol–water partition coefficient (Wildman–Crippen LogP) is 5.77. The summed E-state index contributed by atoms with van der Waals surface area (Å²) in [6.45, 7) is 0. The molecule has 0 unspecified atom stereocenters. The molecule has 4 aromatic rings. The Morgan fingerprint density at radius 1 is 0.906 bits per heavy atom. The number of anilines is 1. The fourth-order valence-electron chi connectivity index (χ4n) is 2.90. The van der Waals surface area contributed by atoms with Gasteiger partial charge in [0.05, 0.1) is 11.3 Å². The van der Waals surface area contributed by atoms with E-state index in [1.165, 1.54) is 41.1 Å². The van der Waals surface area contributed by atoms with Crippen LogP contribution < -0.4 is 5.32 Å². The average molecular weight is 463 g/mol. The van der Waals surface area contributed by atoms with Crippen LogP contribution in [0, 0.1) is 5.82 Å². The first-order valence-electron chi connectivity index (χ1n) is 9.08. The van der Waals surface area contributed by atoms with Gasteiger partial charge in [0.15, 0.2) is 5.82 Å². The van der Waals surface area contributed by atoms with Gasteiger partial charge in [-0.15, -0.1) is 17.5 Å². The van der Waals surface area contributed by atoms with E-state index in [1.54, 1.807) is 24.3 Å². The second-order valence-corrected chi connectivity index (χ2v) is 6.55. The van der Waals surface area contributed by atoms with Crippen molar-refractivity contribution < 1.29 is 22.4 Å². The van der Waals surface area contributed by atoms with E-state index in [2.05, 4.69) is 15.4 Å². The molecular formula is C22H15ClF4N4O. The first kappa shape index (κ1) is 23.0. The average Bonchev–Trinajstić information content (AvgIpc) is 3.20. The third kappa shape index (κ3) is 4.94. The number of halogens is 5. The minimum atomic E-state index is -4.54. The molecule has 0 aliphatic heterocycles. The minimum absolute atomic E-state index is 0. The number of hydrogen-bond acceptors (Lipinski definition) is 3. The van der Waals surface area contributed by atoms with Crippen LogP contribution in [0.2, 0.25) is 0 Å². The van der Waals surface area contributed by atoms with E-state index in [-0.39, 0.29) is 23.9 Å². The molecule has 164 valence electrons. The van der Waals surface area contributed by atoms with Crippen LogP contribution in [-0.2, 0) is 6.18 Å². The highest BCUT2D eigenvalue weighted by Crippen LogP contribution is 2.30. The summed E-state index contributed by atoms with van der Waals surface area (Å²) in [5, 5.41) is 6.59. The van der Waals surface area contributed by atoms with Crippen molar-refractivity contribution in [1.82, 2.24) is 14.8 Å². The summed E-state index contributed by atoms with van der Waals surface area (Å²) in [6, 6.07) is 18.6. The number of aromatic nitrogens is 3. The van der Waals surface area contributed by atoms with Crippen LogP contribution in [0.4, 0.5) is 23.2 Å². The number of benzene rings is 3. The number of carbonyl (C=O) groups excluding carboxylic acids is 1. The smallest absolute Gasteiger partial charge is 0.319 e. The maximum absolute atomic E-state index is 13.3. The van der Waals surface area contributed by atoms with E-state index >= 15 is 0 Å². The van der Waals surface area contributed by atoms with Gasteiger partial charge in [-0.25, -0.2) is 14.1 Å². The van der Waals surface area contributed by atoms with Crippen LogP contribution in [-0.4, -0.2) is 20.7 Å². The van der Waals surface area contributed by atoms with Crippen LogP contribution in [0.3, 0.4) is 0 Å². The monoisotopic (exact) mass is 462 g/mol. The molecule has 1 aromatic heterocycles. The van der Waals surface area contributed by atoms with Crippen molar-refractivity contribution >= 4 is 24.0 Å². The fraction of sp³-hybridized carbons (Fsp3) is 0.0455. The lowest BCUT2D eigenvalue weighted by atomic mass is 10.2. The summed E-state index contributed by atoms with van der Waals surface area (Å²) in [4.78, 5) is 16.9. The molecule has 1 heterocycles. The first-order valence-corrected chi connectivity index (χ1v) is 9.08. The highest BCUT2D eigenvalue weighted by Gasteiger charge is 2.30. The molecule has 0 bridgehead atoms. The molecular weight excluding hydrogens is 448 g/mol. The first-order chi connectivity index (χ1) is 14.8. The third-order valence-corrected chi connectivity index (χ3v) is 4.36. The number of amides is 1. The normalized spacial score (nSPS) is 11.0. The number of hydrogen-bond donors (Lipinski definition) is 1. The van der Waals surface area contributed by atoms with Crippen LogP contribution in [0.5, 0.6) is 0 Å². The molecule has 5 nitrogen and oxygen atoms in total. The lowest BCUT2D eigenvalue weighted by molar-refractivity contribution is -0.137. The number of nitrogens with one attached hydrogen (secondary N) is 1. The molecule has 0 saturated heterocycles. The molecule has 1 amide bonds. The van der Waals surface area contributed by atoms with Crippen molar-refractivity contribution in [2.75, 3.05) is 5.32 Å². The largest absolute Gasteiger partial charge is 0.416 e. The Bertz CT molecular complexity index is 1220. The van der Waals surface area contributed by atoms with Gasteiger partial charge in [0.1, 0.15) is 5.82 Å². The molecule has 0 atom stereocenters. The number of alkyl halides is 3. The Labute approximate surface area is 186 Å². The van der Waals surface area contributed by atoms with E-state index in [4.69, 9.17) is 0 Å². The lowest BCUT2D eigenvalue weighted by Gasteiger charge is -2.08. The van der Waals surface area contributed by atoms with Gasteiger partial charge in [0.25, 0.3) is 5.91 Å². The zero-order valence-electron chi connectivity index (χ0n) is 16.2. The lowest BCUT2D eigenvalue weighted by Crippen LogP contribution is -2.15. The maximum atomic E-state index is 13.3. The molecule has 3 aromatic carbocycles. The van der Waals surface area contributed by atoms with Crippen LogP contribution in [0.25, 0.3) is 17.1 Å². The summed E-state index contributed by atoms with van der Waals surface area (Å²) >= 11 is 0. The van der Waals surface area contributed by atoms with Crippen LogP contribution >= 0.6 is 12.4 Å². The quantitative estimate of drug-likeness (QED) is 0.392. The molecule has 0 radical (unpaired) electrons. The van der Waals surface area contributed by atoms with Gasteiger partial charge < -0.3 is 5.32 Å². The molecule has 10 heteroatoms. The number of rotatable bonds is 4. The Morgan fingerprint density at radius 2 is 1.59 bits per heavy atom. The van der Waals surface area contributed by atoms with Crippen molar-refractivity contribution in [1.29, 1.82) is 0 Å². The molecule has 0 aliphatic rings. The molecule has 0 saturated carbocycles. The Hall–Kier alpha value is -3.72. The standard InChI is InChI=1S/C22H14F4N4O.ClH/c23-16-9-11-18(12-10-16)30-20(14-5-2-1-3-6-14)28-19(29-30)21(31)27-17-8-4-7-15(13-17)22(24,25)26;/h1-13H,(H,27,31);1H. The van der Waals surface area contributed by atoms with E-state index in [0.717, 1.165) is 12.1 Å². The van der Waals surface area contributed by atoms with Crippen LogP contribution in [0.15, 0.2) is 78.9 Å². The van der Waals surface area contributed by atoms with Crippen molar-refractivity contribution in [2.24, 2.45) is 0 Å². The minimum Gasteiger partial charge on any atom is -0.319 e. The van der Waals surface area contributed by atoms with Gasteiger partial charge in [0, 0.05) is 11.3 Å². The van der Waals surface area contributed by atoms with Gasteiger partial charge in [-0.1, -0.05) is 36.4 Å². The molecule has 0 aliphatic carbocycles. The Balaban J connectivity index is 0.00000289. The fourth-order valence-corrected chi connectivity index (χ4v) is 2.90. The SMILES string of the molecule is Cl.O=C(Nc1cccc(C(F)(F)F)c1)c1nc(-c2ccccc2)n(-c2ccc(F)cc2)n1. The maximum Gasteiger partial charge on any atom is 0.416 e. The molecule has 0 spiro atoms. The third-order valence-electron chi connectivity index (χ3n) is 4.36. The second kappa shape index (κ2) is 9.19. The van der Waals surface area contributed by atoms with E-state index < -0.39 is 23.5 Å². The highest BCUT2D eigenvalue weighted by molar-refractivity contribution is 6.01. The summed E-state index contributed by atoms with van der Waals surface area (Å²) in [7, 11) is 0. The number of nitrogens with zero attached hydrogens (tertiary/aromatic N) is 3. The molecule has 1 N–H and O–H groups in total. The second-order valence-electron chi connectivity index (χ2n) is 6.55. The summed E-state index contributed by atoms with van der Waals surface area (Å²) in [5.74, 6) is -1.15. The van der Waals surface area contributed by atoms with Gasteiger partial charge >= 0.3 is 6.18 Å². The number of carbonyl (C=O) groups is 1. The van der Waals surface area contributed by atoms with Crippen LogP contribution in [0.1, 0.15) is 16.2 Å². The Kier molecular flexibility index (Phi) is 6.59. The van der Waals surface area contributed by atoms with Crippen molar-refractivity contribution in [3.05, 3.63) is 96.1 Å². The van der Waals surface area contributed by atoms with Gasteiger partial charge in [-0.3, -0.25) is 4.79 Å². The van der Waals surface area contributed by atoms with Crippen molar-refractivity contribution in [2.45, 2.75) is 6.18 Å². The zero-order valence-corrected chi connectivity index (χ0v) is 17.0. The van der Waals surface area contributed by atoms with E-state index in [0.29, 0.717) is 17.1 Å². The van der Waals surface area contributed by atoms with E-state index in [1.807, 2.05) is 6.07 Å². The van der Waals surface area contributed by atoms with Gasteiger partial charge in [-0.2, -0.15) is 13.2 Å². The molecule has 4 rings (SSSR count). The topological polar surface area (TPSA) is 59.8 Å². The predicted molar refractivity (Wildman–Crippen MR) is 113 cm³/mol. The Morgan fingerprint density at radius 3 is 2.25 bits per heavy atom. The molecule has 0 fully saturated rings. The van der Waals surface area contributed by atoms with Gasteiger partial charge in [0.2, 0.25) is 5.82 Å². The van der Waals surface area contributed by atoms with Gasteiger partial charge in [-0.05, 0) is 42.5 Å².